The molecule has 0 atom stereocenters. The fourth-order valence-electron chi connectivity index (χ4n) is 0.953. The van der Waals surface area contributed by atoms with Gasteiger partial charge in [-0.3, -0.25) is 0 Å². The van der Waals surface area contributed by atoms with E-state index in [1.54, 1.807) is 6.08 Å². The van der Waals surface area contributed by atoms with Crippen molar-refractivity contribution in [2.24, 2.45) is 0 Å². The lowest BCUT2D eigenvalue weighted by molar-refractivity contribution is 0.0787. The predicted octanol–water partition coefficient (Wildman–Crippen LogP) is 2.65. The van der Waals surface area contributed by atoms with Crippen molar-refractivity contribution in [3.63, 3.8) is 0 Å². The Balaban J connectivity index is 0.000000791. The van der Waals surface area contributed by atoms with Gasteiger partial charge in [0.05, 0.1) is 0 Å². The number of ether oxygens (including phenoxy) is 1. The van der Waals surface area contributed by atoms with Crippen LogP contribution in [0.15, 0.2) is 36.6 Å². The van der Waals surface area contributed by atoms with E-state index < -0.39 is 0 Å². The molecular weight excluding hydrogens is 174 g/mol. The SMILES string of the molecule is C=C/C=C(\C=C/C)OC1CNC1.CC. The molecule has 0 aromatic heterocycles. The molecule has 1 heterocycles. The van der Waals surface area contributed by atoms with E-state index in [1.165, 1.54) is 0 Å². The molecule has 0 unspecified atom stereocenters. The summed E-state index contributed by atoms with van der Waals surface area (Å²) in [4.78, 5) is 0. The van der Waals surface area contributed by atoms with E-state index in [-0.39, 0.29) is 0 Å². The quantitative estimate of drug-likeness (QED) is 0.550. The molecule has 1 fully saturated rings. The molecule has 14 heavy (non-hydrogen) atoms. The van der Waals surface area contributed by atoms with Crippen LogP contribution in [0.4, 0.5) is 0 Å². The van der Waals surface area contributed by atoms with E-state index >= 15 is 0 Å². The van der Waals surface area contributed by atoms with Crippen LogP contribution in [0, 0.1) is 0 Å². The molecule has 1 N–H and O–H groups in total. The lowest BCUT2D eigenvalue weighted by Gasteiger charge is -2.28. The monoisotopic (exact) mass is 195 g/mol. The van der Waals surface area contributed by atoms with Crippen LogP contribution >= 0.6 is 0 Å². The van der Waals surface area contributed by atoms with Crippen LogP contribution in [-0.2, 0) is 4.74 Å². The average molecular weight is 195 g/mol. The van der Waals surface area contributed by atoms with Gasteiger partial charge in [0.15, 0.2) is 0 Å². The Hall–Kier alpha value is -1.02. The molecule has 1 aliphatic rings. The molecule has 0 bridgehead atoms. The summed E-state index contributed by atoms with van der Waals surface area (Å²) < 4.78 is 5.61. The zero-order valence-corrected chi connectivity index (χ0v) is 9.42. The highest BCUT2D eigenvalue weighted by atomic mass is 16.5. The van der Waals surface area contributed by atoms with E-state index in [0.717, 1.165) is 18.8 Å². The van der Waals surface area contributed by atoms with Gasteiger partial charge >= 0.3 is 0 Å². The van der Waals surface area contributed by atoms with E-state index in [1.807, 2.05) is 39.0 Å². The van der Waals surface area contributed by atoms with Crippen molar-refractivity contribution < 1.29 is 4.74 Å². The number of allylic oxidation sites excluding steroid dienone is 4. The average Bonchev–Trinajstić information content (AvgIpc) is 2.15. The van der Waals surface area contributed by atoms with Gasteiger partial charge in [-0.2, -0.15) is 0 Å². The second kappa shape index (κ2) is 8.57. The first-order chi connectivity index (χ1) is 6.86. The number of rotatable bonds is 4. The predicted molar refractivity (Wildman–Crippen MR) is 62.2 cm³/mol. The van der Waals surface area contributed by atoms with Gasteiger partial charge < -0.3 is 10.1 Å². The number of hydrogen-bond donors (Lipinski definition) is 1. The van der Waals surface area contributed by atoms with Crippen LogP contribution in [0.3, 0.4) is 0 Å². The maximum absolute atomic E-state index is 5.61. The van der Waals surface area contributed by atoms with Gasteiger partial charge in [-0.25, -0.2) is 0 Å². The van der Waals surface area contributed by atoms with Crippen molar-refractivity contribution in [1.82, 2.24) is 5.32 Å². The topological polar surface area (TPSA) is 21.3 Å². The van der Waals surface area contributed by atoms with Crippen molar-refractivity contribution in [3.05, 3.63) is 36.6 Å². The summed E-state index contributed by atoms with van der Waals surface area (Å²) in [6.07, 6.45) is 7.86. The normalized spacial score (nSPS) is 16.9. The van der Waals surface area contributed by atoms with Crippen LogP contribution in [0.2, 0.25) is 0 Å². The summed E-state index contributed by atoms with van der Waals surface area (Å²) in [7, 11) is 0. The summed E-state index contributed by atoms with van der Waals surface area (Å²) in [5.74, 6) is 0.888. The number of hydrogen-bond acceptors (Lipinski definition) is 2. The third-order valence-corrected chi connectivity index (χ3v) is 1.66. The van der Waals surface area contributed by atoms with Gasteiger partial charge in [0.25, 0.3) is 0 Å². The Bertz CT molecular complexity index is 202. The minimum absolute atomic E-state index is 0.340. The zero-order valence-electron chi connectivity index (χ0n) is 9.42. The van der Waals surface area contributed by atoms with Gasteiger partial charge in [-0.15, -0.1) is 0 Å². The van der Waals surface area contributed by atoms with Crippen LogP contribution < -0.4 is 5.32 Å². The van der Waals surface area contributed by atoms with Crippen molar-refractivity contribution in [1.29, 1.82) is 0 Å². The molecule has 0 amide bonds. The maximum atomic E-state index is 5.61. The number of nitrogens with one attached hydrogen (secondary N) is 1. The van der Waals surface area contributed by atoms with Crippen molar-refractivity contribution in [2.75, 3.05) is 13.1 Å². The summed E-state index contributed by atoms with van der Waals surface area (Å²) in [5.41, 5.74) is 0. The van der Waals surface area contributed by atoms with E-state index in [9.17, 15) is 0 Å². The van der Waals surface area contributed by atoms with Crippen molar-refractivity contribution >= 4 is 0 Å². The van der Waals surface area contributed by atoms with E-state index in [0.29, 0.717) is 6.10 Å². The van der Waals surface area contributed by atoms with Gasteiger partial charge in [0.1, 0.15) is 11.9 Å². The highest BCUT2D eigenvalue weighted by Crippen LogP contribution is 2.08. The lowest BCUT2D eigenvalue weighted by Crippen LogP contribution is -2.48. The highest BCUT2D eigenvalue weighted by molar-refractivity contribution is 5.17. The molecule has 0 saturated carbocycles. The molecule has 80 valence electrons. The van der Waals surface area contributed by atoms with Gasteiger partial charge in [0.2, 0.25) is 0 Å². The molecule has 0 radical (unpaired) electrons. The summed E-state index contributed by atoms with van der Waals surface area (Å²) >= 11 is 0. The fourth-order valence-corrected chi connectivity index (χ4v) is 0.953. The van der Waals surface area contributed by atoms with E-state index in [4.69, 9.17) is 4.74 Å². The Kier molecular flexibility index (Phi) is 7.95. The molecule has 2 heteroatoms. The summed E-state index contributed by atoms with van der Waals surface area (Å²) in [5, 5.41) is 3.15. The Morgan fingerprint density at radius 2 is 2.07 bits per heavy atom. The molecule has 1 rings (SSSR count). The van der Waals surface area contributed by atoms with Crippen molar-refractivity contribution in [2.45, 2.75) is 26.9 Å². The second-order valence-corrected chi connectivity index (χ2v) is 2.70. The first kappa shape index (κ1) is 13.0. The minimum atomic E-state index is 0.340. The van der Waals surface area contributed by atoms with Gasteiger partial charge in [-0.1, -0.05) is 32.6 Å². The molecule has 0 spiro atoms. The second-order valence-electron chi connectivity index (χ2n) is 2.70. The first-order valence-corrected chi connectivity index (χ1v) is 5.19. The standard InChI is InChI=1S/C10H15NO.C2H6/c1-3-5-9(6-4-2)12-10-7-11-8-10;1-2/h3-6,10-11H,1,7-8H2,2H3;1-2H3/b6-4-,9-5+;. The van der Waals surface area contributed by atoms with Crippen LogP contribution in [-0.4, -0.2) is 19.2 Å². The summed E-state index contributed by atoms with van der Waals surface area (Å²) in [6, 6.07) is 0. The molecule has 0 aromatic rings. The Morgan fingerprint density at radius 3 is 2.43 bits per heavy atom. The molecule has 2 nitrogen and oxygen atoms in total. The molecule has 0 aromatic carbocycles. The third kappa shape index (κ3) is 4.87. The largest absolute Gasteiger partial charge is 0.488 e. The van der Waals surface area contributed by atoms with Crippen LogP contribution in [0.1, 0.15) is 20.8 Å². The smallest absolute Gasteiger partial charge is 0.123 e. The first-order valence-electron chi connectivity index (χ1n) is 5.19. The van der Waals surface area contributed by atoms with Crippen molar-refractivity contribution in [3.8, 4) is 0 Å². The molecule has 1 aliphatic heterocycles. The Labute approximate surface area is 87.3 Å². The van der Waals surface area contributed by atoms with Crippen LogP contribution in [0.5, 0.6) is 0 Å². The zero-order chi connectivity index (χ0) is 10.8. The minimum Gasteiger partial charge on any atom is -0.488 e. The van der Waals surface area contributed by atoms with E-state index in [2.05, 4.69) is 11.9 Å². The third-order valence-electron chi connectivity index (χ3n) is 1.66. The highest BCUT2D eigenvalue weighted by Gasteiger charge is 2.17. The summed E-state index contributed by atoms with van der Waals surface area (Å²) in [6.45, 7) is 11.5. The molecular formula is C12H21NO. The van der Waals surface area contributed by atoms with Gasteiger partial charge in [-0.05, 0) is 19.1 Å². The van der Waals surface area contributed by atoms with Crippen LogP contribution in [0.25, 0.3) is 0 Å². The Morgan fingerprint density at radius 1 is 1.43 bits per heavy atom. The van der Waals surface area contributed by atoms with Gasteiger partial charge in [0, 0.05) is 13.1 Å². The lowest BCUT2D eigenvalue weighted by atomic mass is 10.2. The molecule has 1 saturated heterocycles. The fraction of sp³-hybridized carbons (Fsp3) is 0.500. The molecule has 0 aliphatic carbocycles. The maximum Gasteiger partial charge on any atom is 0.123 e.